The summed E-state index contributed by atoms with van der Waals surface area (Å²) in [4.78, 5) is 34.8. The van der Waals surface area contributed by atoms with Crippen molar-refractivity contribution in [1.29, 1.82) is 0 Å². The number of esters is 1. The maximum atomic E-state index is 12.7. The van der Waals surface area contributed by atoms with Crippen LogP contribution in [-0.4, -0.2) is 72.6 Å². The van der Waals surface area contributed by atoms with E-state index in [-0.39, 0.29) is 12.2 Å². The van der Waals surface area contributed by atoms with Crippen molar-refractivity contribution in [2.24, 2.45) is 0 Å². The molecule has 0 amide bonds. The van der Waals surface area contributed by atoms with E-state index in [4.69, 9.17) is 14.2 Å². The molecule has 3 rings (SSSR count). The summed E-state index contributed by atoms with van der Waals surface area (Å²) in [5.41, 5.74) is 1.24. The molecule has 1 atom stereocenters. The first-order chi connectivity index (χ1) is 15.8. The van der Waals surface area contributed by atoms with Crippen molar-refractivity contribution >= 4 is 27.5 Å². The molecule has 0 aliphatic rings. The Kier molecular flexibility index (Phi) is 8.56. The SMILES string of the molecule is COCCN(Cc1nc2sc(C(=O)OC)c(C)c2c(=O)[nH]1)C[C@@H](O)COc1ccccc1C. The zero-order valence-corrected chi connectivity index (χ0v) is 20.0. The smallest absolute Gasteiger partial charge is 0.348 e. The highest BCUT2D eigenvalue weighted by Gasteiger charge is 2.21. The van der Waals surface area contributed by atoms with Gasteiger partial charge in [-0.05, 0) is 31.0 Å². The summed E-state index contributed by atoms with van der Waals surface area (Å²) in [7, 11) is 2.90. The largest absolute Gasteiger partial charge is 0.491 e. The Morgan fingerprint density at radius 3 is 2.73 bits per heavy atom. The van der Waals surface area contributed by atoms with Gasteiger partial charge in [0, 0.05) is 20.2 Å². The van der Waals surface area contributed by atoms with Crippen LogP contribution in [0.1, 0.15) is 26.6 Å². The average molecular weight is 476 g/mol. The highest BCUT2D eigenvalue weighted by Crippen LogP contribution is 2.27. The van der Waals surface area contributed by atoms with E-state index < -0.39 is 12.1 Å². The quantitative estimate of drug-likeness (QED) is 0.406. The number of fused-ring (bicyclic) bond motifs is 1. The van der Waals surface area contributed by atoms with Crippen LogP contribution in [-0.2, 0) is 16.0 Å². The Balaban J connectivity index is 1.74. The molecule has 33 heavy (non-hydrogen) atoms. The van der Waals surface area contributed by atoms with Crippen LogP contribution in [0.3, 0.4) is 0 Å². The van der Waals surface area contributed by atoms with Crippen molar-refractivity contribution in [3.05, 3.63) is 56.4 Å². The zero-order valence-electron chi connectivity index (χ0n) is 19.2. The molecule has 1 aromatic carbocycles. The van der Waals surface area contributed by atoms with Crippen LogP contribution in [0.5, 0.6) is 5.75 Å². The number of para-hydroxylation sites is 1. The summed E-state index contributed by atoms with van der Waals surface area (Å²) in [5.74, 6) is 0.675. The number of nitrogens with zero attached hydrogens (tertiary/aromatic N) is 2. The van der Waals surface area contributed by atoms with Crippen molar-refractivity contribution in [3.8, 4) is 5.75 Å². The molecular formula is C23H29N3O6S. The number of aryl methyl sites for hydroxylation is 2. The minimum absolute atomic E-state index is 0.129. The molecule has 3 aromatic rings. The number of H-pyrrole nitrogens is 1. The predicted octanol–water partition coefficient (Wildman–Crippen LogP) is 2.28. The molecule has 2 heterocycles. The molecule has 0 aliphatic carbocycles. The summed E-state index contributed by atoms with van der Waals surface area (Å²) < 4.78 is 15.7. The Hall–Kier alpha value is -2.79. The van der Waals surface area contributed by atoms with Crippen molar-refractivity contribution in [3.63, 3.8) is 0 Å². The van der Waals surface area contributed by atoms with Gasteiger partial charge in [0.25, 0.3) is 5.56 Å². The topological polar surface area (TPSA) is 114 Å². The van der Waals surface area contributed by atoms with Crippen molar-refractivity contribution in [1.82, 2.24) is 14.9 Å². The number of thiophene rings is 1. The molecule has 0 fully saturated rings. The van der Waals surface area contributed by atoms with Gasteiger partial charge in [0.2, 0.25) is 0 Å². The van der Waals surface area contributed by atoms with Gasteiger partial charge < -0.3 is 24.3 Å². The molecule has 0 saturated heterocycles. The minimum atomic E-state index is -0.758. The fraction of sp³-hybridized carbons (Fsp3) is 0.435. The lowest BCUT2D eigenvalue weighted by atomic mass is 10.2. The molecule has 0 bridgehead atoms. The van der Waals surface area contributed by atoms with Crippen molar-refractivity contribution < 1.29 is 24.1 Å². The monoisotopic (exact) mass is 475 g/mol. The molecule has 178 valence electrons. The van der Waals surface area contributed by atoms with Gasteiger partial charge in [-0.1, -0.05) is 18.2 Å². The summed E-state index contributed by atoms with van der Waals surface area (Å²) in [6.45, 7) is 5.34. The lowest BCUT2D eigenvalue weighted by Gasteiger charge is -2.24. The Morgan fingerprint density at radius 2 is 2.03 bits per heavy atom. The van der Waals surface area contributed by atoms with Crippen LogP contribution in [0.15, 0.2) is 29.1 Å². The molecule has 0 spiro atoms. The number of carbonyl (C=O) groups is 1. The predicted molar refractivity (Wildman–Crippen MR) is 126 cm³/mol. The third kappa shape index (κ3) is 6.17. The molecule has 0 aliphatic heterocycles. The summed E-state index contributed by atoms with van der Waals surface area (Å²) in [5, 5.41) is 10.9. The second-order valence-corrected chi connectivity index (χ2v) is 8.70. The first kappa shape index (κ1) is 24.8. The number of methoxy groups -OCH3 is 2. The molecule has 10 heteroatoms. The van der Waals surface area contributed by atoms with E-state index in [1.165, 1.54) is 7.11 Å². The lowest BCUT2D eigenvalue weighted by molar-refractivity contribution is 0.0531. The summed E-state index contributed by atoms with van der Waals surface area (Å²) in [6.07, 6.45) is -0.758. The second kappa shape index (κ2) is 11.4. The average Bonchev–Trinajstić information content (AvgIpc) is 3.13. The number of benzene rings is 1. The Bertz CT molecular complexity index is 1160. The van der Waals surface area contributed by atoms with Crippen LogP contribution in [0.4, 0.5) is 0 Å². The van der Waals surface area contributed by atoms with E-state index in [1.807, 2.05) is 36.1 Å². The number of aliphatic hydroxyl groups is 1. The Morgan fingerprint density at radius 1 is 1.27 bits per heavy atom. The second-order valence-electron chi connectivity index (χ2n) is 7.70. The van der Waals surface area contributed by atoms with Gasteiger partial charge in [0.15, 0.2) is 0 Å². The summed E-state index contributed by atoms with van der Waals surface area (Å²) >= 11 is 1.13. The van der Waals surface area contributed by atoms with Gasteiger partial charge in [0.1, 0.15) is 34.0 Å². The normalized spacial score (nSPS) is 12.3. The van der Waals surface area contributed by atoms with Crippen molar-refractivity contribution in [2.45, 2.75) is 26.5 Å². The highest BCUT2D eigenvalue weighted by atomic mass is 32.1. The molecule has 2 aromatic heterocycles. The van der Waals surface area contributed by atoms with Crippen LogP contribution in [0.2, 0.25) is 0 Å². The van der Waals surface area contributed by atoms with Gasteiger partial charge >= 0.3 is 5.97 Å². The first-order valence-electron chi connectivity index (χ1n) is 10.5. The van der Waals surface area contributed by atoms with Gasteiger partial charge in [-0.2, -0.15) is 0 Å². The standard InChI is InChI=1S/C23H29N3O6S/c1-14-7-5-6-8-17(14)32-13-16(27)11-26(9-10-30-3)12-18-24-21(28)19-15(2)20(23(29)31-4)33-22(19)25-18/h5-8,16,27H,9-13H2,1-4H3,(H,24,25,28)/t16-/m1/s1. The van der Waals surface area contributed by atoms with Crippen LogP contribution >= 0.6 is 11.3 Å². The third-order valence-corrected chi connectivity index (χ3v) is 6.36. The number of hydrogen-bond acceptors (Lipinski definition) is 9. The molecule has 0 radical (unpaired) electrons. The van der Waals surface area contributed by atoms with Crippen LogP contribution in [0, 0.1) is 13.8 Å². The van der Waals surface area contributed by atoms with Crippen LogP contribution in [0.25, 0.3) is 10.2 Å². The number of carbonyl (C=O) groups excluding carboxylic acids is 1. The Labute approximate surface area is 195 Å². The number of ether oxygens (including phenoxy) is 3. The third-order valence-electron chi connectivity index (χ3n) is 5.20. The molecule has 0 unspecified atom stereocenters. The fourth-order valence-electron chi connectivity index (χ4n) is 3.47. The highest BCUT2D eigenvalue weighted by molar-refractivity contribution is 7.20. The van der Waals surface area contributed by atoms with E-state index in [0.29, 0.717) is 52.7 Å². The van der Waals surface area contributed by atoms with Gasteiger partial charge in [-0.15, -0.1) is 11.3 Å². The molecule has 0 saturated carbocycles. The number of aliphatic hydroxyl groups excluding tert-OH is 1. The number of aromatic amines is 1. The molecule has 9 nitrogen and oxygen atoms in total. The number of hydrogen-bond donors (Lipinski definition) is 2. The molecule has 2 N–H and O–H groups in total. The fourth-order valence-corrected chi connectivity index (χ4v) is 4.59. The number of aromatic nitrogens is 2. The number of rotatable bonds is 11. The maximum Gasteiger partial charge on any atom is 0.348 e. The van der Waals surface area contributed by atoms with E-state index in [1.54, 1.807) is 14.0 Å². The van der Waals surface area contributed by atoms with Crippen LogP contribution < -0.4 is 10.3 Å². The maximum absolute atomic E-state index is 12.7. The van der Waals surface area contributed by atoms with E-state index in [9.17, 15) is 14.7 Å². The molecular weight excluding hydrogens is 446 g/mol. The lowest BCUT2D eigenvalue weighted by Crippen LogP contribution is -2.38. The zero-order chi connectivity index (χ0) is 24.0. The van der Waals surface area contributed by atoms with Gasteiger partial charge in [0.05, 0.1) is 25.6 Å². The number of nitrogens with one attached hydrogen (secondary N) is 1. The summed E-state index contributed by atoms with van der Waals surface area (Å²) in [6, 6.07) is 7.62. The van der Waals surface area contributed by atoms with E-state index >= 15 is 0 Å². The van der Waals surface area contributed by atoms with Gasteiger partial charge in [-0.25, -0.2) is 9.78 Å². The van der Waals surface area contributed by atoms with Gasteiger partial charge in [-0.3, -0.25) is 9.69 Å². The first-order valence-corrected chi connectivity index (χ1v) is 11.3. The minimum Gasteiger partial charge on any atom is -0.491 e. The van der Waals surface area contributed by atoms with Crippen molar-refractivity contribution in [2.75, 3.05) is 40.5 Å². The van der Waals surface area contributed by atoms with E-state index in [2.05, 4.69) is 9.97 Å². The van der Waals surface area contributed by atoms with E-state index in [0.717, 1.165) is 22.6 Å².